The Morgan fingerprint density at radius 2 is 1.27 bits per heavy atom. The highest BCUT2D eigenvalue weighted by molar-refractivity contribution is 8.27. The number of nitrogens with zero attached hydrogens (tertiary/aromatic N) is 2. The van der Waals surface area contributed by atoms with Gasteiger partial charge in [-0.1, -0.05) is 111 Å². The van der Waals surface area contributed by atoms with Crippen LogP contribution in [-0.2, 0) is 80.0 Å². The van der Waals surface area contributed by atoms with Crippen molar-refractivity contribution in [2.24, 2.45) is 45.9 Å². The Bertz CT molecular complexity index is 3250. The predicted molar refractivity (Wildman–Crippen MR) is 376 cm³/mol. The third-order valence-corrected chi connectivity index (χ3v) is 19.4. The number of carboxylic acid groups (broad SMARTS) is 2. The lowest BCUT2D eigenvalue weighted by molar-refractivity contribution is -0.142. The summed E-state index contributed by atoms with van der Waals surface area (Å²) in [6, 6.07) is -8.46. The number of benzene rings is 1. The number of aliphatic carboxylic acids is 2. The maximum absolute atomic E-state index is 14.9. The fraction of sp³-hybridized carbons (Fsp3) is 0.627. The van der Waals surface area contributed by atoms with E-state index in [1.165, 1.54) is 12.5 Å². The molecule has 2 aliphatic rings. The number of nitrogens with two attached hydrogens (primary N) is 3. The Labute approximate surface area is 590 Å². The molecule has 0 aliphatic carbocycles. The molecule has 1 aromatic heterocycles. The molecule has 2 aromatic rings. The molecular formula is C67H105N17O16S. The van der Waals surface area contributed by atoms with Crippen LogP contribution in [0, 0.1) is 23.7 Å². The number of aliphatic imine (C=N–C) groups is 1. The van der Waals surface area contributed by atoms with E-state index in [9.17, 15) is 77.3 Å². The van der Waals surface area contributed by atoms with E-state index in [0.717, 1.165) is 6.42 Å². The molecular weight excluding hydrogens is 1330 g/mol. The van der Waals surface area contributed by atoms with Crippen molar-refractivity contribution in [3.05, 3.63) is 54.1 Å². The second-order valence-corrected chi connectivity index (χ2v) is 28.0. The molecule has 0 saturated carbocycles. The topological polar surface area (TPSA) is 531 Å². The zero-order valence-electron chi connectivity index (χ0n) is 58.9. The molecule has 33 nitrogen and oxygen atoms in total. The molecule has 560 valence electrons. The van der Waals surface area contributed by atoms with Crippen molar-refractivity contribution in [3.8, 4) is 0 Å². The molecule has 0 bridgehead atoms. The second kappa shape index (κ2) is 42.2. The van der Waals surface area contributed by atoms with Crippen LogP contribution in [-0.4, -0.2) is 205 Å². The van der Waals surface area contributed by atoms with E-state index in [4.69, 9.17) is 17.2 Å². The zero-order chi connectivity index (χ0) is 75.2. The number of primary amides is 1. The van der Waals surface area contributed by atoms with Crippen molar-refractivity contribution in [2.45, 2.75) is 224 Å². The summed E-state index contributed by atoms with van der Waals surface area (Å²) in [7, 11) is -0.679. The zero-order valence-corrected chi connectivity index (χ0v) is 59.7. The minimum absolute atomic E-state index is 0.00134. The number of hydrogen-bond donors (Lipinski definition) is 17. The molecule has 3 heterocycles. The van der Waals surface area contributed by atoms with Crippen LogP contribution < -0.4 is 75.7 Å². The summed E-state index contributed by atoms with van der Waals surface area (Å²) in [5.41, 5.74) is 18.8. The van der Waals surface area contributed by atoms with Gasteiger partial charge in [-0.3, -0.25) is 72.1 Å². The van der Waals surface area contributed by atoms with Crippen molar-refractivity contribution in [1.82, 2.24) is 68.5 Å². The van der Waals surface area contributed by atoms with Gasteiger partial charge in [0.25, 0.3) is 0 Å². The first kappa shape index (κ1) is 84.2. The van der Waals surface area contributed by atoms with Gasteiger partial charge >= 0.3 is 11.9 Å². The van der Waals surface area contributed by atoms with Gasteiger partial charge in [0, 0.05) is 43.5 Å². The van der Waals surface area contributed by atoms with Crippen molar-refractivity contribution in [2.75, 3.05) is 18.8 Å². The van der Waals surface area contributed by atoms with Gasteiger partial charge in [0.05, 0.1) is 30.3 Å². The average Bonchev–Trinajstić information content (AvgIpc) is 1.77. The predicted octanol–water partition coefficient (Wildman–Crippen LogP) is -1.71. The lowest BCUT2D eigenvalue weighted by atomic mass is 9.96. The molecule has 16 atom stereocenters. The minimum atomic E-state index is -1.94. The molecule has 0 spiro atoms. The quantitative estimate of drug-likeness (QED) is 0.0374. The first-order chi connectivity index (χ1) is 47.8. The Morgan fingerprint density at radius 3 is 1.85 bits per heavy atom. The van der Waals surface area contributed by atoms with Gasteiger partial charge in [0.1, 0.15) is 66.5 Å². The highest BCUT2D eigenvalue weighted by Crippen LogP contribution is 2.29. The van der Waals surface area contributed by atoms with Crippen molar-refractivity contribution in [3.63, 3.8) is 0 Å². The maximum Gasteiger partial charge on any atom is 0.305 e. The standard InChI is InChI=1S/C67H105N17O16S/c1-10-36(6)53(70)67-82-49(33-101(67)9)64(98)77-44(27-35(4)5)60(94)75-43(23-24-51(86)87)59(93)84-54(37(7)11-2)65(99)76-41-21-16-17-26-72-56(90)47(30-50(69)85)79-63(97)48(31-52(88)89)80-62(96)46(29-40-32-71-34-73-40)78-61(95)45(28-39-19-14-13-15-20-39)81-66(100)55(38(8)12-3)83-58(92)42(22-18-25-68)74-57(41)91/h13-15,19-20,32,34-38,41-49,53-55H,9-12,16-18,21-31,33,68,70H2,1-8H3,(H2,69,85)(H,71,73)(H,72,90)(H,74,91)(H,75,94)(H,76,99)(H,77,98)(H,78,95)(H,79,97)(H,80,96)(H,81,100)(H,83,92)(H,84,93)(H,86,87)(H,88,89)/t36-,37-,38-,41-,42+,43+,44-,45+,46-,47-,48+,49-,53-,54-,55+,101?/m0/s1. The Balaban J connectivity index is 1.77. The van der Waals surface area contributed by atoms with Gasteiger partial charge < -0.3 is 90.9 Å². The summed E-state index contributed by atoms with van der Waals surface area (Å²) in [4.78, 5) is 207. The number of imidazole rings is 1. The SMILES string of the molecule is C=S1C[C@@H](C(=O)N[C@@H](CC(C)C)C(=O)N[C@H](CCC(=O)O)C(=O)N[C@H](C(=O)N[C@H]2CCCCNC(=O)[C@H](CC(N)=O)NC(=O)[C@@H](CC(=O)O)NC(=O)[C@H](Cc3cnc[nH]3)NC(=O)[C@@H](Cc3ccccc3)NC(=O)[C@@H]([C@@H](C)CC)NC(=O)[C@@H](CCCN)NC2=O)[C@@H](C)CC)N=C1[C@@H](N)[C@@H](C)CC. The lowest BCUT2D eigenvalue weighted by Gasteiger charge is -2.30. The number of aromatic nitrogens is 2. The van der Waals surface area contributed by atoms with Crippen LogP contribution >= 0.6 is 10.5 Å². The molecule has 4 rings (SSSR count). The fourth-order valence-electron chi connectivity index (χ4n) is 11.1. The highest BCUT2D eigenvalue weighted by atomic mass is 32.2. The summed E-state index contributed by atoms with van der Waals surface area (Å²) in [5, 5.41) is 49.1. The molecule has 0 radical (unpaired) electrons. The third kappa shape index (κ3) is 27.7. The van der Waals surface area contributed by atoms with Gasteiger partial charge in [-0.15, -0.1) is 10.5 Å². The van der Waals surface area contributed by atoms with Gasteiger partial charge in [-0.05, 0) is 80.7 Å². The summed E-state index contributed by atoms with van der Waals surface area (Å²) in [6.07, 6.45) is 0.306. The van der Waals surface area contributed by atoms with Crippen LogP contribution in [0.3, 0.4) is 0 Å². The molecule has 1 saturated heterocycles. The number of carbonyl (C=O) groups is 14. The normalized spacial score (nSPS) is 23.8. The number of carboxylic acids is 2. The van der Waals surface area contributed by atoms with E-state index in [1.54, 1.807) is 71.9 Å². The number of rotatable bonds is 31. The highest BCUT2D eigenvalue weighted by Gasteiger charge is 2.40. The van der Waals surface area contributed by atoms with Crippen LogP contribution in [0.4, 0.5) is 0 Å². The van der Waals surface area contributed by atoms with E-state index < -0.39 is 203 Å². The molecule has 2 aliphatic heterocycles. The molecule has 1 aromatic carbocycles. The summed E-state index contributed by atoms with van der Waals surface area (Å²) in [5.74, 6) is -11.3. The number of hydrogen-bond acceptors (Lipinski definition) is 18. The lowest BCUT2D eigenvalue weighted by Crippen LogP contribution is -2.62. The van der Waals surface area contributed by atoms with Gasteiger partial charge in [0.15, 0.2) is 0 Å². The Hall–Kier alpha value is -9.18. The van der Waals surface area contributed by atoms with E-state index in [1.807, 2.05) is 13.8 Å². The monoisotopic (exact) mass is 1440 g/mol. The number of amides is 12. The number of nitrogens with one attached hydrogen (secondary N) is 12. The summed E-state index contributed by atoms with van der Waals surface area (Å²) in [6.45, 7) is 14.1. The Kier molecular flexibility index (Phi) is 35.2. The molecule has 34 heteroatoms. The third-order valence-electron chi connectivity index (χ3n) is 17.7. The van der Waals surface area contributed by atoms with E-state index in [2.05, 4.69) is 79.3 Å². The van der Waals surface area contributed by atoms with Gasteiger partial charge in [-0.2, -0.15) is 0 Å². The second-order valence-electron chi connectivity index (χ2n) is 26.3. The van der Waals surface area contributed by atoms with E-state index in [-0.39, 0.29) is 94.9 Å². The van der Waals surface area contributed by atoms with Crippen molar-refractivity contribution < 1.29 is 77.3 Å². The van der Waals surface area contributed by atoms with Crippen LogP contribution in [0.5, 0.6) is 0 Å². The number of carbonyl (C=O) groups excluding carboxylic acids is 12. The smallest absolute Gasteiger partial charge is 0.305 e. The minimum Gasteiger partial charge on any atom is -0.481 e. The van der Waals surface area contributed by atoms with Crippen LogP contribution in [0.2, 0.25) is 0 Å². The van der Waals surface area contributed by atoms with Crippen LogP contribution in [0.25, 0.3) is 0 Å². The van der Waals surface area contributed by atoms with Crippen LogP contribution in [0.15, 0.2) is 47.8 Å². The van der Waals surface area contributed by atoms with E-state index >= 15 is 0 Å². The maximum atomic E-state index is 14.9. The molecule has 12 amide bonds. The molecule has 1 unspecified atom stereocenters. The Morgan fingerprint density at radius 1 is 0.673 bits per heavy atom. The number of H-pyrrole nitrogens is 1. The van der Waals surface area contributed by atoms with Crippen molar-refractivity contribution in [1.29, 1.82) is 0 Å². The molecule has 101 heavy (non-hydrogen) atoms. The van der Waals surface area contributed by atoms with E-state index in [0.29, 0.717) is 16.3 Å². The first-order valence-electron chi connectivity index (χ1n) is 34.4. The molecule has 20 N–H and O–H groups in total. The van der Waals surface area contributed by atoms with Gasteiger partial charge in [-0.25, -0.2) is 4.98 Å². The molecule has 1 fully saturated rings. The van der Waals surface area contributed by atoms with Gasteiger partial charge in [0.2, 0.25) is 70.9 Å². The number of aromatic amines is 1. The average molecular weight is 1440 g/mol. The first-order valence-corrected chi connectivity index (χ1v) is 36.0. The fourth-order valence-corrected chi connectivity index (χ4v) is 12.8. The van der Waals surface area contributed by atoms with Crippen molar-refractivity contribution >= 4 is 104 Å². The largest absolute Gasteiger partial charge is 0.481 e. The van der Waals surface area contributed by atoms with Crippen LogP contribution in [0.1, 0.15) is 150 Å². The summed E-state index contributed by atoms with van der Waals surface area (Å²) < 4.78 is 0. The summed E-state index contributed by atoms with van der Waals surface area (Å²) >= 11 is 0.